The highest BCUT2D eigenvalue weighted by molar-refractivity contribution is 5.74. The zero-order valence-electron chi connectivity index (χ0n) is 14.1. The number of nitrogens with zero attached hydrogens (tertiary/aromatic N) is 3. The maximum Gasteiger partial charge on any atom is 0.180 e. The molecule has 1 aromatic carbocycles. The zero-order valence-corrected chi connectivity index (χ0v) is 14.1. The van der Waals surface area contributed by atoms with E-state index < -0.39 is 0 Å². The minimum atomic E-state index is 0.699. The molecule has 0 aliphatic heterocycles. The van der Waals surface area contributed by atoms with Gasteiger partial charge in [-0.25, -0.2) is 9.97 Å². The summed E-state index contributed by atoms with van der Waals surface area (Å²) in [6, 6.07) is 7.58. The van der Waals surface area contributed by atoms with Crippen LogP contribution in [0.5, 0.6) is 0 Å². The minimum Gasteiger partial charge on any atom is -0.399 e. The van der Waals surface area contributed by atoms with Crippen LogP contribution in [0.2, 0.25) is 0 Å². The summed E-state index contributed by atoms with van der Waals surface area (Å²) in [5, 5.41) is 3.29. The smallest absolute Gasteiger partial charge is 0.180 e. The molecule has 0 fully saturated rings. The van der Waals surface area contributed by atoms with Crippen molar-refractivity contribution in [1.82, 2.24) is 14.4 Å². The number of benzene rings is 1. The first-order valence-corrected chi connectivity index (χ1v) is 7.84. The fraction of sp³-hybridized carbons (Fsp3) is 0.158. The van der Waals surface area contributed by atoms with E-state index in [1.54, 1.807) is 6.20 Å². The van der Waals surface area contributed by atoms with E-state index in [1.807, 2.05) is 48.0 Å². The molecule has 0 unspecified atom stereocenters. The first-order valence-electron chi connectivity index (χ1n) is 7.84. The van der Waals surface area contributed by atoms with Gasteiger partial charge in [-0.3, -0.25) is 4.40 Å². The largest absolute Gasteiger partial charge is 0.399 e. The maximum absolute atomic E-state index is 5.83. The number of nitrogen functional groups attached to an aromatic ring is 1. The van der Waals surface area contributed by atoms with Gasteiger partial charge in [0.1, 0.15) is 0 Å². The molecule has 0 aliphatic carbocycles. The fourth-order valence-electron chi connectivity index (χ4n) is 2.55. The van der Waals surface area contributed by atoms with Crippen molar-refractivity contribution in [3.63, 3.8) is 0 Å². The third-order valence-corrected chi connectivity index (χ3v) is 3.88. The molecule has 5 nitrogen and oxygen atoms in total. The van der Waals surface area contributed by atoms with Gasteiger partial charge < -0.3 is 11.1 Å². The molecule has 5 heteroatoms. The number of hydrogen-bond acceptors (Lipinski definition) is 4. The number of aromatic nitrogens is 3. The number of anilines is 3. The number of allylic oxidation sites excluding steroid dienone is 4. The summed E-state index contributed by atoms with van der Waals surface area (Å²) in [5.41, 5.74) is 11.6. The molecule has 0 radical (unpaired) electrons. The molecule has 0 aliphatic rings. The van der Waals surface area contributed by atoms with Crippen LogP contribution in [0.15, 0.2) is 60.6 Å². The Bertz CT molecular complexity index is 934. The number of imidazole rings is 1. The highest BCUT2D eigenvalue weighted by Gasteiger charge is 2.10. The number of nitrogens with two attached hydrogens (primary N) is 1. The second-order valence-corrected chi connectivity index (χ2v) is 5.72. The Labute approximate surface area is 141 Å². The van der Waals surface area contributed by atoms with E-state index in [0.29, 0.717) is 11.5 Å². The van der Waals surface area contributed by atoms with Crippen LogP contribution >= 0.6 is 0 Å². The van der Waals surface area contributed by atoms with Crippen LogP contribution in [0.25, 0.3) is 11.2 Å². The number of hydrogen-bond donors (Lipinski definition) is 2. The standard InChI is InChI=1S/C19H21N5/c1-4-13(2)10-14(3)17-12-22-19-18(21-8-9-24(17)19)23-16-7-5-6-15(20)11-16/h4-12H,20H2,1-3H3,(H,21,23)/b13-4-,14-10+. The third-order valence-electron chi connectivity index (χ3n) is 3.88. The maximum atomic E-state index is 5.83. The van der Waals surface area contributed by atoms with Gasteiger partial charge in [0.05, 0.1) is 11.9 Å². The van der Waals surface area contributed by atoms with Crippen molar-refractivity contribution in [1.29, 1.82) is 0 Å². The van der Waals surface area contributed by atoms with Crippen molar-refractivity contribution in [3.05, 3.63) is 66.3 Å². The van der Waals surface area contributed by atoms with E-state index in [2.05, 4.69) is 41.3 Å². The highest BCUT2D eigenvalue weighted by atomic mass is 15.1. The van der Waals surface area contributed by atoms with Gasteiger partial charge in [-0.1, -0.05) is 23.8 Å². The van der Waals surface area contributed by atoms with Crippen LogP contribution in [0.4, 0.5) is 17.2 Å². The normalized spacial score (nSPS) is 12.6. The molecule has 122 valence electrons. The SMILES string of the molecule is C/C=C(C)\C=C(/C)c1cnc2c(Nc3cccc(N)c3)nccn12. The molecule has 3 N–H and O–H groups in total. The highest BCUT2D eigenvalue weighted by Crippen LogP contribution is 2.24. The summed E-state index contributed by atoms with van der Waals surface area (Å²) >= 11 is 0. The molecule has 0 saturated heterocycles. The van der Waals surface area contributed by atoms with Gasteiger partial charge in [-0.15, -0.1) is 0 Å². The first-order chi connectivity index (χ1) is 11.6. The Kier molecular flexibility index (Phi) is 4.33. The van der Waals surface area contributed by atoms with E-state index in [9.17, 15) is 0 Å². The van der Waals surface area contributed by atoms with E-state index >= 15 is 0 Å². The summed E-state index contributed by atoms with van der Waals surface area (Å²) < 4.78 is 2.04. The number of fused-ring (bicyclic) bond motifs is 1. The van der Waals surface area contributed by atoms with Crippen molar-refractivity contribution in [3.8, 4) is 0 Å². The lowest BCUT2D eigenvalue weighted by atomic mass is 10.1. The Morgan fingerprint density at radius 2 is 2.08 bits per heavy atom. The fourth-order valence-corrected chi connectivity index (χ4v) is 2.55. The molecule has 2 heterocycles. The van der Waals surface area contributed by atoms with Gasteiger partial charge in [0.2, 0.25) is 0 Å². The summed E-state index contributed by atoms with van der Waals surface area (Å²) in [4.78, 5) is 8.95. The lowest BCUT2D eigenvalue weighted by Crippen LogP contribution is -1.99. The summed E-state index contributed by atoms with van der Waals surface area (Å²) in [6.45, 7) is 6.20. The first kappa shape index (κ1) is 15.8. The monoisotopic (exact) mass is 319 g/mol. The van der Waals surface area contributed by atoms with Crippen LogP contribution < -0.4 is 11.1 Å². The van der Waals surface area contributed by atoms with E-state index in [1.165, 1.54) is 5.57 Å². The average molecular weight is 319 g/mol. The predicted molar refractivity (Wildman–Crippen MR) is 100 cm³/mol. The Morgan fingerprint density at radius 3 is 2.83 bits per heavy atom. The van der Waals surface area contributed by atoms with E-state index in [0.717, 1.165) is 22.6 Å². The van der Waals surface area contributed by atoms with Crippen LogP contribution in [0.3, 0.4) is 0 Å². The van der Waals surface area contributed by atoms with Crippen molar-refractivity contribution >= 4 is 28.4 Å². The average Bonchev–Trinajstić information content (AvgIpc) is 3.00. The van der Waals surface area contributed by atoms with Gasteiger partial charge in [0.25, 0.3) is 0 Å². The lowest BCUT2D eigenvalue weighted by Gasteiger charge is -2.08. The molecule has 24 heavy (non-hydrogen) atoms. The lowest BCUT2D eigenvalue weighted by molar-refractivity contribution is 1.11. The second-order valence-electron chi connectivity index (χ2n) is 5.72. The van der Waals surface area contributed by atoms with Crippen molar-refractivity contribution in [2.75, 3.05) is 11.1 Å². The van der Waals surface area contributed by atoms with Crippen LogP contribution in [-0.4, -0.2) is 14.4 Å². The quantitative estimate of drug-likeness (QED) is 0.551. The predicted octanol–water partition coefficient (Wildman–Crippen LogP) is 4.42. The van der Waals surface area contributed by atoms with Crippen LogP contribution in [-0.2, 0) is 0 Å². The van der Waals surface area contributed by atoms with Crippen LogP contribution in [0.1, 0.15) is 26.5 Å². The molecule has 0 bridgehead atoms. The second kappa shape index (κ2) is 6.58. The van der Waals surface area contributed by atoms with Crippen molar-refractivity contribution < 1.29 is 0 Å². The number of nitrogens with one attached hydrogen (secondary N) is 1. The van der Waals surface area contributed by atoms with E-state index in [4.69, 9.17) is 5.73 Å². The Hall–Kier alpha value is -3.08. The van der Waals surface area contributed by atoms with Crippen molar-refractivity contribution in [2.24, 2.45) is 0 Å². The summed E-state index contributed by atoms with van der Waals surface area (Å²) in [5.74, 6) is 0.699. The number of rotatable bonds is 4. The van der Waals surface area contributed by atoms with Crippen LogP contribution in [0, 0.1) is 0 Å². The minimum absolute atomic E-state index is 0.699. The molecule has 3 aromatic rings. The molecule has 0 amide bonds. The molecule has 0 atom stereocenters. The summed E-state index contributed by atoms with van der Waals surface area (Å²) in [7, 11) is 0. The molecular weight excluding hydrogens is 298 g/mol. The molecule has 0 spiro atoms. The Morgan fingerprint density at radius 1 is 1.25 bits per heavy atom. The van der Waals surface area contributed by atoms with Crippen molar-refractivity contribution in [2.45, 2.75) is 20.8 Å². The van der Waals surface area contributed by atoms with E-state index in [-0.39, 0.29) is 0 Å². The summed E-state index contributed by atoms with van der Waals surface area (Å²) in [6.07, 6.45) is 9.79. The van der Waals surface area contributed by atoms with Gasteiger partial charge in [0.15, 0.2) is 11.5 Å². The molecule has 3 rings (SSSR count). The zero-order chi connectivity index (χ0) is 17.1. The van der Waals surface area contributed by atoms with Gasteiger partial charge in [0, 0.05) is 23.8 Å². The molecular formula is C19H21N5. The third kappa shape index (κ3) is 3.15. The molecule has 2 aromatic heterocycles. The topological polar surface area (TPSA) is 68.2 Å². The van der Waals surface area contributed by atoms with Gasteiger partial charge in [-0.2, -0.15) is 0 Å². The molecule has 0 saturated carbocycles. The van der Waals surface area contributed by atoms with Gasteiger partial charge >= 0.3 is 0 Å². The Balaban J connectivity index is 2.02. The van der Waals surface area contributed by atoms with Gasteiger partial charge in [-0.05, 0) is 44.5 Å².